The normalized spacial score (nSPS) is 11.0. The van der Waals surface area contributed by atoms with Gasteiger partial charge in [0.05, 0.1) is 0 Å². The number of hydrogen-bond acceptors (Lipinski definition) is 4. The fourth-order valence-electron chi connectivity index (χ4n) is 0.856. The minimum atomic E-state index is -0.931. The van der Waals surface area contributed by atoms with Gasteiger partial charge in [-0.2, -0.15) is 0 Å². The summed E-state index contributed by atoms with van der Waals surface area (Å²) in [6.07, 6.45) is 0. The van der Waals surface area contributed by atoms with Gasteiger partial charge in [0.25, 0.3) is 0 Å². The molecule has 0 saturated carbocycles. The van der Waals surface area contributed by atoms with Crippen molar-refractivity contribution in [3.8, 4) is 0 Å². The molecular weight excluding hydrogens is 224 g/mol. The van der Waals surface area contributed by atoms with Crippen molar-refractivity contribution in [2.45, 2.75) is 33.7 Å². The van der Waals surface area contributed by atoms with Gasteiger partial charge in [0.1, 0.15) is 11.7 Å². The Morgan fingerprint density at radius 1 is 1.18 bits per heavy atom. The number of likely N-dealkylation sites (N-methyl/N-ethyl adjacent to an activating group) is 1. The molecule has 5 N–H and O–H groups in total. The monoisotopic (exact) mass is 246 g/mol. The number of carbonyl (C=O) groups is 2. The molecule has 17 heavy (non-hydrogen) atoms. The molecule has 0 aromatic carbocycles. The van der Waals surface area contributed by atoms with E-state index in [0.717, 1.165) is 5.57 Å². The van der Waals surface area contributed by atoms with Gasteiger partial charge in [-0.3, -0.25) is 4.79 Å². The SMILES string of the molecule is CC(C)C(N)C(=O)O.CNC(C(=O)O)=C(C)C. The topological polar surface area (TPSA) is 113 Å². The first-order chi connectivity index (χ1) is 7.64. The summed E-state index contributed by atoms with van der Waals surface area (Å²) < 4.78 is 0. The van der Waals surface area contributed by atoms with Crippen molar-refractivity contribution >= 4 is 11.9 Å². The highest BCUT2D eigenvalue weighted by molar-refractivity contribution is 5.86. The molecule has 0 radical (unpaired) electrons. The molecule has 0 spiro atoms. The maximum absolute atomic E-state index is 10.3. The lowest BCUT2D eigenvalue weighted by Crippen LogP contribution is -2.34. The summed E-state index contributed by atoms with van der Waals surface area (Å²) in [5.41, 5.74) is 6.22. The smallest absolute Gasteiger partial charge is 0.351 e. The zero-order chi connectivity index (χ0) is 14.2. The number of aliphatic carboxylic acids is 2. The number of rotatable bonds is 4. The number of hydrogen-bond donors (Lipinski definition) is 4. The van der Waals surface area contributed by atoms with Crippen LogP contribution in [0.25, 0.3) is 0 Å². The Morgan fingerprint density at radius 3 is 1.59 bits per heavy atom. The molecule has 6 nitrogen and oxygen atoms in total. The standard InChI is InChI=1S/C6H11NO2.C5H11NO2/c1-4(2)5(7-3)6(8)9;1-3(2)4(6)5(7)8/h7H,1-3H3,(H,8,9);3-4H,6H2,1-2H3,(H,7,8). The lowest BCUT2D eigenvalue weighted by molar-refractivity contribution is -0.139. The molecule has 1 unspecified atom stereocenters. The Labute approximate surface area is 102 Å². The highest BCUT2D eigenvalue weighted by Gasteiger charge is 2.14. The van der Waals surface area contributed by atoms with Crippen LogP contribution in [0.1, 0.15) is 27.7 Å². The van der Waals surface area contributed by atoms with E-state index in [2.05, 4.69) is 5.32 Å². The van der Waals surface area contributed by atoms with Crippen molar-refractivity contribution in [2.24, 2.45) is 11.7 Å². The Kier molecular flexibility index (Phi) is 8.99. The third-order valence-electron chi connectivity index (χ3n) is 1.97. The second kappa shape index (κ2) is 8.58. The van der Waals surface area contributed by atoms with Crippen molar-refractivity contribution in [1.29, 1.82) is 0 Å². The summed E-state index contributed by atoms with van der Waals surface area (Å²) in [5.74, 6) is -1.81. The zero-order valence-electron chi connectivity index (χ0n) is 10.9. The fraction of sp³-hybridized carbons (Fsp3) is 0.636. The summed E-state index contributed by atoms with van der Waals surface area (Å²) in [4.78, 5) is 20.3. The summed E-state index contributed by atoms with van der Waals surface area (Å²) in [6, 6.07) is -0.713. The number of carboxylic acid groups (broad SMARTS) is 2. The first-order valence-corrected chi connectivity index (χ1v) is 5.22. The molecule has 0 aromatic rings. The van der Waals surface area contributed by atoms with Gasteiger partial charge in [-0.1, -0.05) is 13.8 Å². The van der Waals surface area contributed by atoms with Crippen LogP contribution in [0, 0.1) is 5.92 Å². The van der Waals surface area contributed by atoms with Crippen molar-refractivity contribution in [2.75, 3.05) is 7.05 Å². The van der Waals surface area contributed by atoms with Crippen LogP contribution >= 0.6 is 0 Å². The van der Waals surface area contributed by atoms with Gasteiger partial charge in [0, 0.05) is 7.05 Å². The average molecular weight is 246 g/mol. The summed E-state index contributed by atoms with van der Waals surface area (Å²) in [7, 11) is 1.59. The lowest BCUT2D eigenvalue weighted by atomic mass is 10.1. The molecule has 0 bridgehead atoms. The van der Waals surface area contributed by atoms with Crippen molar-refractivity contribution in [1.82, 2.24) is 5.32 Å². The summed E-state index contributed by atoms with van der Waals surface area (Å²) >= 11 is 0. The second-order valence-corrected chi connectivity index (χ2v) is 4.04. The zero-order valence-corrected chi connectivity index (χ0v) is 10.9. The average Bonchev–Trinajstić information content (AvgIpc) is 2.16. The Bertz CT molecular complexity index is 294. The molecular formula is C11H22N2O4. The molecule has 0 saturated heterocycles. The molecule has 0 rings (SSSR count). The molecule has 1 atom stereocenters. The third kappa shape index (κ3) is 8.27. The van der Waals surface area contributed by atoms with Gasteiger partial charge >= 0.3 is 11.9 Å². The largest absolute Gasteiger partial charge is 0.480 e. The molecule has 6 heteroatoms. The van der Waals surface area contributed by atoms with Gasteiger partial charge in [-0.25, -0.2) is 4.79 Å². The van der Waals surface area contributed by atoms with Gasteiger partial charge in [-0.05, 0) is 25.3 Å². The number of nitrogens with two attached hydrogens (primary N) is 1. The maximum Gasteiger partial charge on any atom is 0.351 e. The third-order valence-corrected chi connectivity index (χ3v) is 1.97. The van der Waals surface area contributed by atoms with Gasteiger partial charge in [-0.15, -0.1) is 0 Å². The van der Waals surface area contributed by atoms with Crippen LogP contribution in [0.5, 0.6) is 0 Å². The first-order valence-electron chi connectivity index (χ1n) is 5.22. The minimum absolute atomic E-state index is 0.0208. The van der Waals surface area contributed by atoms with Crippen LogP contribution in [0.4, 0.5) is 0 Å². The fourth-order valence-corrected chi connectivity index (χ4v) is 0.856. The van der Waals surface area contributed by atoms with Crippen molar-refractivity contribution < 1.29 is 19.8 Å². The van der Waals surface area contributed by atoms with E-state index in [4.69, 9.17) is 15.9 Å². The number of allylic oxidation sites excluding steroid dienone is 1. The molecule has 0 aliphatic heterocycles. The molecule has 100 valence electrons. The van der Waals surface area contributed by atoms with Gasteiger partial charge < -0.3 is 21.3 Å². The molecule has 0 fully saturated rings. The first kappa shape index (κ1) is 17.8. The van der Waals surface area contributed by atoms with E-state index >= 15 is 0 Å². The van der Waals surface area contributed by atoms with Crippen LogP contribution in [0.3, 0.4) is 0 Å². The predicted octanol–water partition coefficient (Wildman–Crippen LogP) is 0.639. The van der Waals surface area contributed by atoms with Crippen LogP contribution < -0.4 is 11.1 Å². The van der Waals surface area contributed by atoms with E-state index in [1.54, 1.807) is 34.7 Å². The quantitative estimate of drug-likeness (QED) is 0.541. The van der Waals surface area contributed by atoms with Crippen molar-refractivity contribution in [3.63, 3.8) is 0 Å². The molecule has 0 aromatic heterocycles. The molecule has 0 aliphatic rings. The van der Waals surface area contributed by atoms with Crippen LogP contribution in [-0.2, 0) is 9.59 Å². The Morgan fingerprint density at radius 2 is 1.59 bits per heavy atom. The van der Waals surface area contributed by atoms with E-state index in [1.807, 2.05) is 0 Å². The van der Waals surface area contributed by atoms with Crippen LogP contribution in [0.2, 0.25) is 0 Å². The lowest BCUT2D eigenvalue weighted by Gasteiger charge is -2.07. The Balaban J connectivity index is 0. The van der Waals surface area contributed by atoms with Gasteiger partial charge in [0.15, 0.2) is 0 Å². The predicted molar refractivity (Wildman–Crippen MR) is 65.5 cm³/mol. The Hall–Kier alpha value is -1.56. The molecule has 0 aliphatic carbocycles. The van der Waals surface area contributed by atoms with E-state index in [9.17, 15) is 9.59 Å². The van der Waals surface area contributed by atoms with Crippen LogP contribution in [-0.4, -0.2) is 35.2 Å². The highest BCUT2D eigenvalue weighted by atomic mass is 16.4. The summed E-state index contributed by atoms with van der Waals surface area (Å²) in [5, 5.41) is 19.2. The summed E-state index contributed by atoms with van der Waals surface area (Å²) in [6.45, 7) is 7.05. The maximum atomic E-state index is 10.3. The number of nitrogens with one attached hydrogen (secondary N) is 1. The molecule has 0 amide bonds. The minimum Gasteiger partial charge on any atom is -0.480 e. The number of carboxylic acids is 2. The van der Waals surface area contributed by atoms with Crippen molar-refractivity contribution in [3.05, 3.63) is 11.3 Å². The van der Waals surface area contributed by atoms with E-state index in [0.29, 0.717) is 0 Å². The molecule has 0 heterocycles. The van der Waals surface area contributed by atoms with E-state index in [1.165, 1.54) is 0 Å². The van der Waals surface area contributed by atoms with Gasteiger partial charge in [0.2, 0.25) is 0 Å². The van der Waals surface area contributed by atoms with E-state index < -0.39 is 18.0 Å². The highest BCUT2D eigenvalue weighted by Crippen LogP contribution is 1.97. The van der Waals surface area contributed by atoms with E-state index in [-0.39, 0.29) is 11.6 Å². The second-order valence-electron chi connectivity index (χ2n) is 4.04. The van der Waals surface area contributed by atoms with Crippen LogP contribution in [0.15, 0.2) is 11.3 Å².